The maximum Gasteiger partial charge on any atom is 0.291 e. The van der Waals surface area contributed by atoms with Crippen LogP contribution in [0.25, 0.3) is 22.4 Å². The Hall–Kier alpha value is -2.99. The van der Waals surface area contributed by atoms with Gasteiger partial charge in [0.2, 0.25) is 4.96 Å². The largest absolute Gasteiger partial charge is 0.497 e. The van der Waals surface area contributed by atoms with E-state index in [1.165, 1.54) is 15.9 Å². The number of nitrogens with zero attached hydrogens (tertiary/aromatic N) is 3. The average molecular weight is 349 g/mol. The van der Waals surface area contributed by atoms with E-state index in [1.807, 2.05) is 61.5 Å². The number of thiazole rings is 1. The first kappa shape index (κ1) is 15.5. The second kappa shape index (κ2) is 6.14. The summed E-state index contributed by atoms with van der Waals surface area (Å²) in [6.45, 7) is 2.01. The van der Waals surface area contributed by atoms with Crippen LogP contribution in [0.1, 0.15) is 11.1 Å². The highest BCUT2D eigenvalue weighted by Gasteiger charge is 2.13. The van der Waals surface area contributed by atoms with Gasteiger partial charge in [0.05, 0.1) is 11.6 Å². The molecule has 124 valence electrons. The Kier molecular flexibility index (Phi) is 3.82. The monoisotopic (exact) mass is 349 g/mol. The van der Waals surface area contributed by atoms with Crippen LogP contribution in [0.3, 0.4) is 0 Å². The fourth-order valence-corrected chi connectivity index (χ4v) is 3.53. The van der Waals surface area contributed by atoms with Crippen molar-refractivity contribution in [1.29, 1.82) is 0 Å². The van der Waals surface area contributed by atoms with Crippen molar-refractivity contribution in [3.63, 3.8) is 0 Å². The predicted octanol–water partition coefficient (Wildman–Crippen LogP) is 2.68. The molecule has 25 heavy (non-hydrogen) atoms. The van der Waals surface area contributed by atoms with Gasteiger partial charge in [-0.1, -0.05) is 47.7 Å². The predicted molar refractivity (Wildman–Crippen MR) is 99.1 cm³/mol. The Bertz CT molecular complexity index is 1160. The van der Waals surface area contributed by atoms with Crippen molar-refractivity contribution in [1.82, 2.24) is 14.6 Å². The van der Waals surface area contributed by atoms with Crippen molar-refractivity contribution >= 4 is 22.4 Å². The molecule has 0 atom stereocenters. The standard InChI is InChI=1S/C19H15N3O2S/c1-12-5-3-4-6-15(12)17-20-19-22(21-17)18(23)16(25-19)11-13-7-9-14(24-2)10-8-13/h3-11H,1-2H3. The van der Waals surface area contributed by atoms with Gasteiger partial charge >= 0.3 is 0 Å². The third-order valence-corrected chi connectivity index (χ3v) is 4.94. The van der Waals surface area contributed by atoms with Crippen molar-refractivity contribution < 1.29 is 4.74 Å². The van der Waals surface area contributed by atoms with E-state index in [0.29, 0.717) is 15.3 Å². The molecule has 2 heterocycles. The zero-order chi connectivity index (χ0) is 17.4. The lowest BCUT2D eigenvalue weighted by Crippen LogP contribution is -2.23. The number of rotatable bonds is 3. The molecule has 0 bridgehead atoms. The van der Waals surface area contributed by atoms with Crippen LogP contribution in [0.2, 0.25) is 0 Å². The second-order valence-corrected chi connectivity index (χ2v) is 6.64. The van der Waals surface area contributed by atoms with E-state index in [9.17, 15) is 4.79 Å². The van der Waals surface area contributed by atoms with Gasteiger partial charge in [-0.2, -0.15) is 9.50 Å². The zero-order valence-corrected chi connectivity index (χ0v) is 14.6. The zero-order valence-electron chi connectivity index (χ0n) is 13.8. The molecule has 2 aromatic carbocycles. The third-order valence-electron chi connectivity index (χ3n) is 3.98. The normalized spacial score (nSPS) is 12.0. The number of methoxy groups -OCH3 is 1. The highest BCUT2D eigenvalue weighted by Crippen LogP contribution is 2.20. The maximum atomic E-state index is 12.6. The molecule has 0 saturated heterocycles. The number of ether oxygens (including phenoxy) is 1. The number of hydrogen-bond donors (Lipinski definition) is 0. The summed E-state index contributed by atoms with van der Waals surface area (Å²) >= 11 is 1.34. The van der Waals surface area contributed by atoms with Crippen LogP contribution in [0.15, 0.2) is 53.3 Å². The Balaban J connectivity index is 1.79. The van der Waals surface area contributed by atoms with E-state index in [2.05, 4.69) is 10.1 Å². The molecule has 0 unspecified atom stereocenters. The van der Waals surface area contributed by atoms with Gasteiger partial charge in [0, 0.05) is 5.56 Å². The summed E-state index contributed by atoms with van der Waals surface area (Å²) in [6.07, 6.45) is 1.84. The van der Waals surface area contributed by atoms with E-state index in [4.69, 9.17) is 4.74 Å². The van der Waals surface area contributed by atoms with Crippen LogP contribution in [0, 0.1) is 6.92 Å². The summed E-state index contributed by atoms with van der Waals surface area (Å²) in [5.74, 6) is 1.36. The van der Waals surface area contributed by atoms with Crippen molar-refractivity contribution in [2.75, 3.05) is 7.11 Å². The van der Waals surface area contributed by atoms with Crippen LogP contribution in [0.5, 0.6) is 5.75 Å². The summed E-state index contributed by atoms with van der Waals surface area (Å²) < 4.78 is 7.13. The molecule has 0 saturated carbocycles. The van der Waals surface area contributed by atoms with Gasteiger partial charge in [-0.3, -0.25) is 4.79 Å². The van der Waals surface area contributed by atoms with Crippen LogP contribution >= 0.6 is 11.3 Å². The minimum absolute atomic E-state index is 0.150. The molecule has 0 spiro atoms. The van der Waals surface area contributed by atoms with Gasteiger partial charge in [0.15, 0.2) is 5.82 Å². The molecular weight excluding hydrogens is 334 g/mol. The molecule has 0 amide bonds. The Morgan fingerprint density at radius 3 is 2.56 bits per heavy atom. The summed E-state index contributed by atoms with van der Waals surface area (Å²) in [7, 11) is 1.63. The first-order chi connectivity index (χ1) is 12.2. The molecule has 0 radical (unpaired) electrons. The van der Waals surface area contributed by atoms with Gasteiger partial charge in [0.1, 0.15) is 5.75 Å². The number of benzene rings is 2. The number of aryl methyl sites for hydroxylation is 1. The molecule has 0 N–H and O–H groups in total. The number of fused-ring (bicyclic) bond motifs is 1. The molecule has 5 nitrogen and oxygen atoms in total. The van der Waals surface area contributed by atoms with E-state index in [1.54, 1.807) is 7.11 Å². The van der Waals surface area contributed by atoms with Crippen molar-refractivity contribution in [2.45, 2.75) is 6.92 Å². The molecule has 4 aromatic rings. The van der Waals surface area contributed by atoms with E-state index < -0.39 is 0 Å². The SMILES string of the molecule is COc1ccc(C=c2sc3nc(-c4ccccc4C)nn3c2=O)cc1. The van der Waals surface area contributed by atoms with Gasteiger partial charge in [-0.05, 0) is 36.3 Å². The highest BCUT2D eigenvalue weighted by atomic mass is 32.1. The molecular formula is C19H15N3O2S. The first-order valence-electron chi connectivity index (χ1n) is 7.77. The van der Waals surface area contributed by atoms with Crippen LogP contribution in [0.4, 0.5) is 0 Å². The fourth-order valence-electron chi connectivity index (χ4n) is 2.62. The highest BCUT2D eigenvalue weighted by molar-refractivity contribution is 7.15. The lowest BCUT2D eigenvalue weighted by molar-refractivity contribution is 0.415. The molecule has 6 heteroatoms. The summed E-state index contributed by atoms with van der Waals surface area (Å²) in [5.41, 5.74) is 2.81. The van der Waals surface area contributed by atoms with E-state index in [-0.39, 0.29) is 5.56 Å². The number of hydrogen-bond acceptors (Lipinski definition) is 5. The number of aromatic nitrogens is 3. The van der Waals surface area contributed by atoms with Gasteiger partial charge in [-0.25, -0.2) is 0 Å². The van der Waals surface area contributed by atoms with E-state index in [0.717, 1.165) is 22.4 Å². The van der Waals surface area contributed by atoms with Crippen molar-refractivity contribution in [3.05, 3.63) is 74.5 Å². The Labute approximate surface area is 147 Å². The maximum absolute atomic E-state index is 12.6. The lowest BCUT2D eigenvalue weighted by Gasteiger charge is -1.98. The summed E-state index contributed by atoms with van der Waals surface area (Å²) in [6, 6.07) is 15.4. The Morgan fingerprint density at radius 1 is 1.12 bits per heavy atom. The van der Waals surface area contributed by atoms with Crippen LogP contribution < -0.4 is 14.8 Å². The average Bonchev–Trinajstić information content (AvgIpc) is 3.16. The molecule has 0 aliphatic heterocycles. The van der Waals surface area contributed by atoms with Crippen molar-refractivity contribution in [3.8, 4) is 17.1 Å². The fraction of sp³-hybridized carbons (Fsp3) is 0.105. The third kappa shape index (κ3) is 2.81. The molecule has 4 rings (SSSR count). The molecule has 2 aromatic heterocycles. The second-order valence-electron chi connectivity index (χ2n) is 5.63. The van der Waals surface area contributed by atoms with Crippen molar-refractivity contribution in [2.24, 2.45) is 0 Å². The smallest absolute Gasteiger partial charge is 0.291 e. The quantitative estimate of drug-likeness (QED) is 0.571. The summed E-state index contributed by atoms with van der Waals surface area (Å²) in [4.78, 5) is 17.7. The Morgan fingerprint density at radius 2 is 1.88 bits per heavy atom. The first-order valence-corrected chi connectivity index (χ1v) is 8.59. The van der Waals surface area contributed by atoms with Gasteiger partial charge in [0.25, 0.3) is 5.56 Å². The topological polar surface area (TPSA) is 56.5 Å². The molecule has 0 fully saturated rings. The molecule has 0 aliphatic carbocycles. The minimum Gasteiger partial charge on any atom is -0.497 e. The van der Waals surface area contributed by atoms with E-state index >= 15 is 0 Å². The van der Waals surface area contributed by atoms with Gasteiger partial charge < -0.3 is 4.74 Å². The molecule has 0 aliphatic rings. The minimum atomic E-state index is -0.150. The summed E-state index contributed by atoms with van der Waals surface area (Å²) in [5, 5.41) is 4.40. The van der Waals surface area contributed by atoms with Gasteiger partial charge in [-0.15, -0.1) is 5.10 Å². The van der Waals surface area contributed by atoms with Crippen LogP contribution in [-0.2, 0) is 0 Å². The van der Waals surface area contributed by atoms with Crippen LogP contribution in [-0.4, -0.2) is 21.7 Å². The lowest BCUT2D eigenvalue weighted by atomic mass is 10.1.